The third-order valence-corrected chi connectivity index (χ3v) is 2.00. The maximum atomic E-state index is 5.74. The Morgan fingerprint density at radius 3 is 1.38 bits per heavy atom. The zero-order valence-corrected chi connectivity index (χ0v) is 9.47. The summed E-state index contributed by atoms with van der Waals surface area (Å²) in [5, 5.41) is 0. The molecule has 1 aliphatic heterocycles. The smallest absolute Gasteiger partial charge is 0.245 e. The van der Waals surface area contributed by atoms with E-state index >= 15 is 0 Å². The summed E-state index contributed by atoms with van der Waals surface area (Å²) in [5.41, 5.74) is 0. The normalized spacial score (nSPS) is 20.9. The molecule has 2 heteroatoms. The molecule has 0 aromatic rings. The van der Waals surface area contributed by atoms with Gasteiger partial charge >= 0.3 is 0 Å². The van der Waals surface area contributed by atoms with E-state index in [2.05, 4.69) is 27.7 Å². The van der Waals surface area contributed by atoms with Crippen LogP contribution in [0.3, 0.4) is 0 Å². The average molecular weight is 184 g/mol. The van der Waals surface area contributed by atoms with Gasteiger partial charge in [-0.3, -0.25) is 0 Å². The molecule has 0 atom stereocenters. The standard InChI is InChI=1S/C11H20O2/c1-7(2)9-10(8(3)4)13-11(5,6)12-9/h7-8H,1-6H3. The molecule has 76 valence electrons. The van der Waals surface area contributed by atoms with Crippen LogP contribution in [0.4, 0.5) is 0 Å². The van der Waals surface area contributed by atoms with Crippen molar-refractivity contribution >= 4 is 0 Å². The predicted molar refractivity (Wildman–Crippen MR) is 53.0 cm³/mol. The van der Waals surface area contributed by atoms with E-state index in [1.54, 1.807) is 0 Å². The summed E-state index contributed by atoms with van der Waals surface area (Å²) in [5.74, 6) is 2.36. The van der Waals surface area contributed by atoms with Crippen molar-refractivity contribution in [2.75, 3.05) is 0 Å². The predicted octanol–water partition coefficient (Wildman–Crippen LogP) is 3.29. The summed E-state index contributed by atoms with van der Waals surface area (Å²) in [6.45, 7) is 12.4. The lowest BCUT2D eigenvalue weighted by Crippen LogP contribution is -2.21. The molecule has 0 fully saturated rings. The number of ether oxygens (including phenoxy) is 2. The number of hydrogen-bond acceptors (Lipinski definition) is 2. The van der Waals surface area contributed by atoms with Gasteiger partial charge in [-0.1, -0.05) is 27.7 Å². The molecule has 0 bridgehead atoms. The van der Waals surface area contributed by atoms with Crippen LogP contribution in [0.2, 0.25) is 0 Å². The SMILES string of the molecule is CC(C)C1=C(C(C)C)OC(C)(C)O1. The van der Waals surface area contributed by atoms with Crippen LogP contribution < -0.4 is 0 Å². The summed E-state index contributed by atoms with van der Waals surface area (Å²) in [6, 6.07) is 0. The summed E-state index contributed by atoms with van der Waals surface area (Å²) in [6.07, 6.45) is 0. The van der Waals surface area contributed by atoms with Crippen molar-refractivity contribution in [2.45, 2.75) is 47.3 Å². The molecule has 1 heterocycles. The largest absolute Gasteiger partial charge is 0.454 e. The maximum Gasteiger partial charge on any atom is 0.245 e. The van der Waals surface area contributed by atoms with E-state index < -0.39 is 5.79 Å². The first kappa shape index (κ1) is 10.4. The number of hydrogen-bond donors (Lipinski definition) is 0. The zero-order chi connectivity index (χ0) is 10.2. The van der Waals surface area contributed by atoms with Crippen LogP contribution in [0.25, 0.3) is 0 Å². The minimum absolute atomic E-state index is 0.402. The first-order chi connectivity index (χ1) is 5.83. The van der Waals surface area contributed by atoms with E-state index in [1.807, 2.05) is 13.8 Å². The van der Waals surface area contributed by atoms with Crippen molar-refractivity contribution in [3.05, 3.63) is 11.5 Å². The molecule has 0 saturated heterocycles. The Morgan fingerprint density at radius 2 is 1.15 bits per heavy atom. The van der Waals surface area contributed by atoms with E-state index in [1.165, 1.54) is 0 Å². The van der Waals surface area contributed by atoms with Crippen LogP contribution in [-0.4, -0.2) is 5.79 Å². The van der Waals surface area contributed by atoms with Crippen molar-refractivity contribution in [1.29, 1.82) is 0 Å². The van der Waals surface area contributed by atoms with E-state index in [4.69, 9.17) is 9.47 Å². The fraction of sp³-hybridized carbons (Fsp3) is 0.818. The third kappa shape index (κ3) is 2.17. The highest BCUT2D eigenvalue weighted by atomic mass is 16.7. The van der Waals surface area contributed by atoms with E-state index in [9.17, 15) is 0 Å². The van der Waals surface area contributed by atoms with Gasteiger partial charge in [-0.2, -0.15) is 0 Å². The third-order valence-electron chi connectivity index (χ3n) is 2.00. The Labute approximate surface area is 80.9 Å². The molecule has 0 spiro atoms. The molecule has 0 N–H and O–H groups in total. The van der Waals surface area contributed by atoms with Crippen LogP contribution in [-0.2, 0) is 9.47 Å². The van der Waals surface area contributed by atoms with E-state index in [0.717, 1.165) is 11.5 Å². The highest BCUT2D eigenvalue weighted by Crippen LogP contribution is 2.37. The molecule has 0 aromatic heterocycles. The van der Waals surface area contributed by atoms with Crippen LogP contribution in [0.5, 0.6) is 0 Å². The van der Waals surface area contributed by atoms with E-state index in [0.29, 0.717) is 11.8 Å². The molecule has 1 rings (SSSR count). The molecule has 0 aromatic carbocycles. The van der Waals surface area contributed by atoms with Gasteiger partial charge in [-0.15, -0.1) is 0 Å². The Bertz CT molecular complexity index is 202. The summed E-state index contributed by atoms with van der Waals surface area (Å²) in [7, 11) is 0. The monoisotopic (exact) mass is 184 g/mol. The fourth-order valence-electron chi connectivity index (χ4n) is 1.46. The van der Waals surface area contributed by atoms with Crippen molar-refractivity contribution in [2.24, 2.45) is 11.8 Å². The second-order valence-corrected chi connectivity index (χ2v) is 4.64. The highest BCUT2D eigenvalue weighted by Gasteiger charge is 2.36. The Hall–Kier alpha value is -0.660. The lowest BCUT2D eigenvalue weighted by molar-refractivity contribution is -0.129. The zero-order valence-electron chi connectivity index (χ0n) is 9.47. The van der Waals surface area contributed by atoms with Gasteiger partial charge in [0.05, 0.1) is 0 Å². The Kier molecular flexibility index (Phi) is 2.60. The van der Waals surface area contributed by atoms with Crippen LogP contribution >= 0.6 is 0 Å². The lowest BCUT2D eigenvalue weighted by Gasteiger charge is -2.20. The van der Waals surface area contributed by atoms with Crippen molar-refractivity contribution in [3.63, 3.8) is 0 Å². The van der Waals surface area contributed by atoms with E-state index in [-0.39, 0.29) is 0 Å². The Balaban J connectivity index is 2.90. The van der Waals surface area contributed by atoms with Gasteiger partial charge in [0.15, 0.2) is 0 Å². The molecule has 2 nitrogen and oxygen atoms in total. The number of allylic oxidation sites excluding steroid dienone is 2. The molecule has 0 amide bonds. The molecule has 0 unspecified atom stereocenters. The molecule has 0 saturated carbocycles. The van der Waals surface area contributed by atoms with Gasteiger partial charge in [0.2, 0.25) is 5.79 Å². The minimum Gasteiger partial charge on any atom is -0.454 e. The summed E-state index contributed by atoms with van der Waals surface area (Å²) >= 11 is 0. The highest BCUT2D eigenvalue weighted by molar-refractivity contribution is 5.11. The van der Waals surface area contributed by atoms with Gasteiger partial charge < -0.3 is 9.47 Å². The lowest BCUT2D eigenvalue weighted by atomic mass is 10.1. The first-order valence-electron chi connectivity index (χ1n) is 4.95. The summed E-state index contributed by atoms with van der Waals surface area (Å²) in [4.78, 5) is 0. The van der Waals surface area contributed by atoms with Crippen molar-refractivity contribution in [1.82, 2.24) is 0 Å². The van der Waals surface area contributed by atoms with Gasteiger partial charge in [-0.25, -0.2) is 0 Å². The minimum atomic E-state index is -0.473. The number of rotatable bonds is 2. The maximum absolute atomic E-state index is 5.74. The first-order valence-corrected chi connectivity index (χ1v) is 4.95. The second-order valence-electron chi connectivity index (χ2n) is 4.64. The van der Waals surface area contributed by atoms with Gasteiger partial charge in [0.1, 0.15) is 11.5 Å². The molecular weight excluding hydrogens is 164 g/mol. The molecule has 0 aliphatic carbocycles. The molecule has 0 radical (unpaired) electrons. The average Bonchev–Trinajstić information content (AvgIpc) is 2.26. The van der Waals surface area contributed by atoms with Crippen LogP contribution in [0.15, 0.2) is 11.5 Å². The van der Waals surface area contributed by atoms with Crippen LogP contribution in [0.1, 0.15) is 41.5 Å². The molecule has 13 heavy (non-hydrogen) atoms. The second kappa shape index (κ2) is 3.24. The molecular formula is C11H20O2. The van der Waals surface area contributed by atoms with Crippen molar-refractivity contribution < 1.29 is 9.47 Å². The quantitative estimate of drug-likeness (QED) is 0.655. The van der Waals surface area contributed by atoms with Crippen molar-refractivity contribution in [3.8, 4) is 0 Å². The van der Waals surface area contributed by atoms with Gasteiger partial charge in [-0.05, 0) is 0 Å². The topological polar surface area (TPSA) is 18.5 Å². The Morgan fingerprint density at radius 1 is 0.846 bits per heavy atom. The van der Waals surface area contributed by atoms with Gasteiger partial charge in [0, 0.05) is 25.7 Å². The van der Waals surface area contributed by atoms with Crippen LogP contribution in [0, 0.1) is 11.8 Å². The molecule has 1 aliphatic rings. The fourth-order valence-corrected chi connectivity index (χ4v) is 1.46. The summed E-state index contributed by atoms with van der Waals surface area (Å²) < 4.78 is 11.5. The van der Waals surface area contributed by atoms with Gasteiger partial charge in [0.25, 0.3) is 0 Å².